The fourth-order valence-corrected chi connectivity index (χ4v) is 6.48. The summed E-state index contributed by atoms with van der Waals surface area (Å²) in [4.78, 5) is 42.1. The predicted molar refractivity (Wildman–Crippen MR) is 132 cm³/mol. The van der Waals surface area contributed by atoms with Crippen LogP contribution in [0.25, 0.3) is 21.3 Å². The first-order chi connectivity index (χ1) is 16.4. The van der Waals surface area contributed by atoms with Crippen LogP contribution in [-0.4, -0.2) is 60.9 Å². The molecule has 4 heterocycles. The van der Waals surface area contributed by atoms with Gasteiger partial charge in [0.25, 0.3) is 11.5 Å². The van der Waals surface area contributed by atoms with Gasteiger partial charge < -0.3 is 24.5 Å². The smallest absolute Gasteiger partial charge is 0.274 e. The molecule has 1 atom stereocenters. The molecular weight excluding hydrogens is 494 g/mol. The third-order valence-corrected chi connectivity index (χ3v) is 9.02. The minimum atomic E-state index is -4.05. The van der Waals surface area contributed by atoms with Crippen LogP contribution in [0.15, 0.2) is 21.3 Å². The van der Waals surface area contributed by atoms with Crippen molar-refractivity contribution in [3.05, 3.63) is 33.9 Å². The summed E-state index contributed by atoms with van der Waals surface area (Å²) in [6.07, 6.45) is 2.64. The molecule has 35 heavy (non-hydrogen) atoms. The lowest BCUT2D eigenvalue weighted by atomic mass is 10.1. The Morgan fingerprint density at radius 2 is 2.06 bits per heavy atom. The van der Waals surface area contributed by atoms with Crippen LogP contribution in [0.5, 0.6) is 5.75 Å². The van der Waals surface area contributed by atoms with Crippen LogP contribution < -0.4 is 20.8 Å². The van der Waals surface area contributed by atoms with E-state index >= 15 is 0 Å². The van der Waals surface area contributed by atoms with Gasteiger partial charge in [0.15, 0.2) is 0 Å². The maximum absolute atomic E-state index is 12.8. The summed E-state index contributed by atoms with van der Waals surface area (Å²) in [5.41, 5.74) is 0.943. The molecule has 1 unspecified atom stereocenters. The number of rotatable bonds is 7. The van der Waals surface area contributed by atoms with Crippen LogP contribution in [0.2, 0.25) is 0 Å². The molecule has 0 bridgehead atoms. The van der Waals surface area contributed by atoms with Gasteiger partial charge in [-0.2, -0.15) is 0 Å². The average Bonchev–Trinajstić information content (AvgIpc) is 3.46. The quantitative estimate of drug-likeness (QED) is 0.425. The van der Waals surface area contributed by atoms with Gasteiger partial charge in [-0.15, -0.1) is 11.3 Å². The number of ether oxygens (including phenoxy) is 1. The van der Waals surface area contributed by atoms with Crippen LogP contribution in [0.1, 0.15) is 35.8 Å². The number of likely N-dealkylation sites (N-methyl/N-ethyl adjacent to an activating group) is 1. The maximum Gasteiger partial charge on any atom is 0.274 e. The number of aromatic amines is 1. The van der Waals surface area contributed by atoms with E-state index in [1.165, 1.54) is 4.57 Å². The highest BCUT2D eigenvalue weighted by atomic mass is 32.2. The topological polar surface area (TPSA) is 157 Å². The zero-order valence-electron chi connectivity index (χ0n) is 19.8. The van der Waals surface area contributed by atoms with Crippen LogP contribution in [0, 0.1) is 6.92 Å². The first-order valence-corrected chi connectivity index (χ1v) is 13.4. The number of nitrogens with one attached hydrogen (secondary N) is 2. The molecular formula is C22H27N5O6S2. The predicted octanol–water partition coefficient (Wildman–Crippen LogP) is 1.30. The second kappa shape index (κ2) is 9.13. The normalized spacial score (nSPS) is 16.3. The molecule has 1 aliphatic heterocycles. The van der Waals surface area contributed by atoms with E-state index in [-0.39, 0.29) is 45.4 Å². The monoisotopic (exact) mass is 521 g/mol. The molecule has 1 aliphatic rings. The Morgan fingerprint density at radius 3 is 2.66 bits per heavy atom. The number of amides is 2. The van der Waals surface area contributed by atoms with E-state index in [1.807, 2.05) is 0 Å². The number of primary sulfonamides is 1. The number of hydrogen-bond acceptors (Lipinski definition) is 7. The van der Waals surface area contributed by atoms with E-state index in [0.717, 1.165) is 11.3 Å². The van der Waals surface area contributed by atoms with E-state index < -0.39 is 10.0 Å². The Kier molecular flexibility index (Phi) is 6.51. The zero-order chi connectivity index (χ0) is 25.7. The summed E-state index contributed by atoms with van der Waals surface area (Å²) < 4.78 is 32.1. The number of nitrogens with zero attached hydrogens (tertiary/aromatic N) is 2. The summed E-state index contributed by atoms with van der Waals surface area (Å²) in [6, 6.07) is 1.42. The lowest BCUT2D eigenvalue weighted by Gasteiger charge is -2.20. The SMILES string of the molecule is CCNC(=O)c1cc2c(-c3sc(S(N)(=O)=O)c(C)c3OCC3CCC(=O)N3C)cn(C)c(=O)c2[nH]1. The van der Waals surface area contributed by atoms with Crippen molar-refractivity contribution in [1.29, 1.82) is 0 Å². The Balaban J connectivity index is 1.89. The largest absolute Gasteiger partial charge is 0.490 e. The van der Waals surface area contributed by atoms with Crippen LogP contribution in [-0.2, 0) is 21.9 Å². The average molecular weight is 522 g/mol. The number of carbonyl (C=O) groups excluding carboxylic acids is 2. The molecule has 13 heteroatoms. The number of hydrogen-bond donors (Lipinski definition) is 3. The molecule has 3 aromatic heterocycles. The number of carbonyl (C=O) groups is 2. The fourth-order valence-electron chi connectivity index (χ4n) is 4.23. The minimum Gasteiger partial charge on any atom is -0.490 e. The van der Waals surface area contributed by atoms with Crippen molar-refractivity contribution in [3.8, 4) is 16.2 Å². The molecule has 2 amide bonds. The first-order valence-electron chi connectivity index (χ1n) is 11.0. The Morgan fingerprint density at radius 1 is 1.34 bits per heavy atom. The molecule has 1 saturated heterocycles. The summed E-state index contributed by atoms with van der Waals surface area (Å²) in [5, 5.41) is 8.62. The van der Waals surface area contributed by atoms with Crippen molar-refractivity contribution >= 4 is 44.1 Å². The second-order valence-electron chi connectivity index (χ2n) is 8.52. The van der Waals surface area contributed by atoms with Crippen LogP contribution >= 0.6 is 11.3 Å². The van der Waals surface area contributed by atoms with Crippen molar-refractivity contribution in [1.82, 2.24) is 19.8 Å². The van der Waals surface area contributed by atoms with Gasteiger partial charge in [0.2, 0.25) is 15.9 Å². The van der Waals surface area contributed by atoms with Gasteiger partial charge in [0.05, 0.1) is 10.9 Å². The van der Waals surface area contributed by atoms with Gasteiger partial charge in [-0.3, -0.25) is 14.4 Å². The maximum atomic E-state index is 12.8. The first kappa shape index (κ1) is 24.9. The second-order valence-corrected chi connectivity index (χ2v) is 11.3. The number of H-pyrrole nitrogens is 1. The summed E-state index contributed by atoms with van der Waals surface area (Å²) in [6.45, 7) is 3.97. The Bertz CT molecular complexity index is 1500. The summed E-state index contributed by atoms with van der Waals surface area (Å²) in [5.74, 6) is -0.0294. The van der Waals surface area contributed by atoms with Crippen molar-refractivity contribution in [2.45, 2.75) is 36.9 Å². The molecule has 0 aromatic carbocycles. The van der Waals surface area contributed by atoms with Gasteiger partial charge in [0, 0.05) is 49.8 Å². The van der Waals surface area contributed by atoms with Crippen molar-refractivity contribution in [2.24, 2.45) is 12.2 Å². The lowest BCUT2D eigenvalue weighted by Crippen LogP contribution is -2.33. The van der Waals surface area contributed by atoms with E-state index in [0.29, 0.717) is 46.5 Å². The lowest BCUT2D eigenvalue weighted by molar-refractivity contribution is -0.127. The summed E-state index contributed by atoms with van der Waals surface area (Å²) in [7, 11) is -0.778. The fraction of sp³-hybridized carbons (Fsp3) is 0.409. The van der Waals surface area contributed by atoms with Crippen LogP contribution in [0.3, 0.4) is 0 Å². The van der Waals surface area contributed by atoms with Crippen molar-refractivity contribution < 1.29 is 22.7 Å². The van der Waals surface area contributed by atoms with E-state index in [9.17, 15) is 22.8 Å². The van der Waals surface area contributed by atoms with Crippen molar-refractivity contribution in [2.75, 3.05) is 20.2 Å². The third kappa shape index (κ3) is 4.46. The van der Waals surface area contributed by atoms with Gasteiger partial charge in [-0.05, 0) is 26.3 Å². The molecule has 0 spiro atoms. The number of aromatic nitrogens is 2. The van der Waals surface area contributed by atoms with Crippen LogP contribution in [0.4, 0.5) is 0 Å². The molecule has 3 aromatic rings. The number of nitrogens with two attached hydrogens (primary N) is 1. The number of sulfonamides is 1. The highest BCUT2D eigenvalue weighted by Gasteiger charge is 2.31. The van der Waals surface area contributed by atoms with E-state index in [4.69, 9.17) is 9.88 Å². The zero-order valence-corrected chi connectivity index (χ0v) is 21.4. The third-order valence-electron chi connectivity index (χ3n) is 6.15. The minimum absolute atomic E-state index is 0.0241. The van der Waals surface area contributed by atoms with E-state index in [2.05, 4.69) is 10.3 Å². The molecule has 4 rings (SSSR count). The number of likely N-dealkylation sites (tertiary alicyclic amines) is 1. The van der Waals surface area contributed by atoms with Crippen molar-refractivity contribution in [3.63, 3.8) is 0 Å². The molecule has 4 N–H and O–H groups in total. The van der Waals surface area contributed by atoms with Gasteiger partial charge in [0.1, 0.15) is 27.8 Å². The molecule has 11 nitrogen and oxygen atoms in total. The number of thiophene rings is 1. The summed E-state index contributed by atoms with van der Waals surface area (Å²) >= 11 is 0.939. The highest BCUT2D eigenvalue weighted by molar-refractivity contribution is 7.91. The van der Waals surface area contributed by atoms with E-state index in [1.54, 1.807) is 45.1 Å². The molecule has 0 saturated carbocycles. The van der Waals surface area contributed by atoms with Gasteiger partial charge >= 0.3 is 0 Å². The standard InChI is InChI=1S/C22H27N5O6S2/c1-5-24-20(29)15-8-13-14(9-26(3)21(30)17(13)25-15)19-18(11(2)22(34-19)35(23,31)32)33-10-12-6-7-16(28)27(12)4/h8-9,12,25H,5-7,10H2,1-4H3,(H,24,29)(H2,23,31,32). The number of pyridine rings is 1. The molecule has 188 valence electrons. The van der Waals surface area contributed by atoms with Gasteiger partial charge in [-0.25, -0.2) is 13.6 Å². The Labute approximate surface area is 205 Å². The molecule has 0 radical (unpaired) electrons. The van der Waals surface area contributed by atoms with Gasteiger partial charge in [-0.1, -0.05) is 0 Å². The number of aryl methyl sites for hydroxylation is 1. The molecule has 1 fully saturated rings. The number of fused-ring (bicyclic) bond motifs is 1. The molecule has 0 aliphatic carbocycles. The Hall–Kier alpha value is -3.16. The highest BCUT2D eigenvalue weighted by Crippen LogP contribution is 2.46.